The molecule has 0 aliphatic heterocycles. The van der Waals surface area contributed by atoms with Crippen molar-refractivity contribution in [2.75, 3.05) is 13.2 Å². The van der Waals surface area contributed by atoms with E-state index < -0.39 is 0 Å². The van der Waals surface area contributed by atoms with E-state index in [1.54, 1.807) is 11.3 Å². The van der Waals surface area contributed by atoms with Crippen molar-refractivity contribution in [2.24, 2.45) is 0 Å². The van der Waals surface area contributed by atoms with Gasteiger partial charge in [0.2, 0.25) is 11.7 Å². The molecule has 0 unspecified atom stereocenters. The zero-order valence-electron chi connectivity index (χ0n) is 10.7. The molecule has 1 aliphatic carbocycles. The van der Waals surface area contributed by atoms with Crippen molar-refractivity contribution in [3.8, 4) is 10.7 Å². The lowest BCUT2D eigenvalue weighted by Gasteiger charge is -2.36. The number of aromatic nitrogens is 2. The predicted octanol–water partition coefficient (Wildman–Crippen LogP) is 2.14. The number of hydrogen-bond donors (Lipinski definition) is 1. The van der Waals surface area contributed by atoms with Gasteiger partial charge >= 0.3 is 0 Å². The average molecular weight is 279 g/mol. The molecule has 19 heavy (non-hydrogen) atoms. The normalized spacial score (nSPS) is 15.9. The Morgan fingerprint density at radius 1 is 1.47 bits per heavy atom. The van der Waals surface area contributed by atoms with Crippen molar-refractivity contribution in [2.45, 2.75) is 31.8 Å². The first-order chi connectivity index (χ1) is 9.36. The summed E-state index contributed by atoms with van der Waals surface area (Å²) >= 11 is 1.60. The summed E-state index contributed by atoms with van der Waals surface area (Å²) in [6, 6.07) is 4.52. The van der Waals surface area contributed by atoms with Crippen LogP contribution in [0.25, 0.3) is 10.7 Å². The molecule has 0 amide bonds. The molecule has 0 atom stereocenters. The summed E-state index contributed by atoms with van der Waals surface area (Å²) in [5.74, 6) is 1.28. The molecule has 1 fully saturated rings. The fraction of sp³-hybridized carbons (Fsp3) is 0.538. The van der Waals surface area contributed by atoms with E-state index in [9.17, 15) is 0 Å². The molecule has 3 rings (SSSR count). The Balaban J connectivity index is 1.68. The van der Waals surface area contributed by atoms with Gasteiger partial charge in [-0.3, -0.25) is 4.90 Å². The lowest BCUT2D eigenvalue weighted by atomic mass is 9.91. The summed E-state index contributed by atoms with van der Waals surface area (Å²) in [5.41, 5.74) is 0. The van der Waals surface area contributed by atoms with Crippen LogP contribution in [0.4, 0.5) is 0 Å². The van der Waals surface area contributed by atoms with Crippen LogP contribution in [0.1, 0.15) is 25.2 Å². The van der Waals surface area contributed by atoms with Crippen LogP contribution in [0.2, 0.25) is 0 Å². The van der Waals surface area contributed by atoms with Crippen LogP contribution in [0.5, 0.6) is 0 Å². The van der Waals surface area contributed by atoms with Crippen molar-refractivity contribution in [1.82, 2.24) is 15.0 Å². The monoisotopic (exact) mass is 279 g/mol. The average Bonchev–Trinajstić information content (AvgIpc) is 2.95. The van der Waals surface area contributed by atoms with Gasteiger partial charge < -0.3 is 9.63 Å². The van der Waals surface area contributed by atoms with Crippen molar-refractivity contribution in [3.63, 3.8) is 0 Å². The van der Waals surface area contributed by atoms with E-state index in [4.69, 9.17) is 9.63 Å². The van der Waals surface area contributed by atoms with Crippen LogP contribution in [0.15, 0.2) is 22.0 Å². The van der Waals surface area contributed by atoms with Gasteiger partial charge in [-0.1, -0.05) is 17.6 Å². The fourth-order valence-corrected chi connectivity index (χ4v) is 2.92. The van der Waals surface area contributed by atoms with Crippen LogP contribution in [0.3, 0.4) is 0 Å². The molecule has 1 N–H and O–H groups in total. The summed E-state index contributed by atoms with van der Waals surface area (Å²) in [4.78, 5) is 7.68. The van der Waals surface area contributed by atoms with Crippen LogP contribution in [-0.2, 0) is 6.54 Å². The predicted molar refractivity (Wildman–Crippen MR) is 72.7 cm³/mol. The molecular formula is C13H17N3O2S. The van der Waals surface area contributed by atoms with Crippen molar-refractivity contribution >= 4 is 11.3 Å². The highest BCUT2D eigenvalue weighted by molar-refractivity contribution is 7.13. The third kappa shape index (κ3) is 2.86. The molecule has 102 valence electrons. The summed E-state index contributed by atoms with van der Waals surface area (Å²) < 4.78 is 5.31. The Kier molecular flexibility index (Phi) is 3.91. The summed E-state index contributed by atoms with van der Waals surface area (Å²) in [5, 5.41) is 15.1. The number of rotatable bonds is 6. The number of thiophene rings is 1. The number of aliphatic hydroxyl groups is 1. The molecule has 0 aromatic carbocycles. The standard InChI is InChI=1S/C13H17N3O2S/c17-7-6-16(10-3-1-4-10)9-12-14-13(15-18-12)11-5-2-8-19-11/h2,5,8,10,17H,1,3-4,6-7,9H2. The van der Waals surface area contributed by atoms with E-state index >= 15 is 0 Å². The largest absolute Gasteiger partial charge is 0.395 e. The van der Waals surface area contributed by atoms with Crippen molar-refractivity contribution < 1.29 is 9.63 Å². The summed E-state index contributed by atoms with van der Waals surface area (Å²) in [6.07, 6.45) is 3.68. The summed E-state index contributed by atoms with van der Waals surface area (Å²) in [6.45, 7) is 1.47. The third-order valence-electron chi connectivity index (χ3n) is 3.53. The van der Waals surface area contributed by atoms with Gasteiger partial charge in [0.15, 0.2) is 0 Å². The molecule has 0 saturated heterocycles. The minimum absolute atomic E-state index is 0.169. The first-order valence-electron chi connectivity index (χ1n) is 6.58. The Hall–Kier alpha value is -1.24. The third-order valence-corrected chi connectivity index (χ3v) is 4.39. The van der Waals surface area contributed by atoms with Crippen LogP contribution < -0.4 is 0 Å². The lowest BCUT2D eigenvalue weighted by Crippen LogP contribution is -2.41. The molecule has 1 aliphatic rings. The molecular weight excluding hydrogens is 262 g/mol. The highest BCUT2D eigenvalue weighted by atomic mass is 32.1. The second-order valence-corrected chi connectivity index (χ2v) is 5.72. The van der Waals surface area contributed by atoms with Crippen molar-refractivity contribution in [1.29, 1.82) is 0 Å². The van der Waals surface area contributed by atoms with Gasteiger partial charge in [-0.25, -0.2) is 0 Å². The Bertz CT molecular complexity index is 508. The van der Waals surface area contributed by atoms with E-state index in [0.29, 0.717) is 30.8 Å². The van der Waals surface area contributed by atoms with Gasteiger partial charge in [0.05, 0.1) is 18.0 Å². The minimum atomic E-state index is 0.169. The smallest absolute Gasteiger partial charge is 0.241 e. The van der Waals surface area contributed by atoms with Gasteiger partial charge in [-0.15, -0.1) is 11.3 Å². The molecule has 0 radical (unpaired) electrons. The Morgan fingerprint density at radius 3 is 3.00 bits per heavy atom. The maximum Gasteiger partial charge on any atom is 0.241 e. The maximum atomic E-state index is 9.13. The van der Waals surface area contributed by atoms with Crippen LogP contribution in [0, 0.1) is 0 Å². The van der Waals surface area contributed by atoms with Gasteiger partial charge in [0.25, 0.3) is 0 Å². The number of hydrogen-bond acceptors (Lipinski definition) is 6. The zero-order chi connectivity index (χ0) is 13.1. The molecule has 0 bridgehead atoms. The van der Waals surface area contributed by atoms with Crippen LogP contribution in [-0.4, -0.2) is 39.3 Å². The molecule has 2 heterocycles. The minimum Gasteiger partial charge on any atom is -0.395 e. The molecule has 2 aromatic rings. The topological polar surface area (TPSA) is 62.4 Å². The van der Waals surface area contributed by atoms with Crippen LogP contribution >= 0.6 is 11.3 Å². The molecule has 0 spiro atoms. The first kappa shape index (κ1) is 12.8. The van der Waals surface area contributed by atoms with E-state index in [-0.39, 0.29) is 6.61 Å². The molecule has 5 nitrogen and oxygen atoms in total. The molecule has 2 aromatic heterocycles. The Morgan fingerprint density at radius 2 is 2.37 bits per heavy atom. The van der Waals surface area contributed by atoms with Gasteiger partial charge in [0.1, 0.15) is 0 Å². The highest BCUT2D eigenvalue weighted by Gasteiger charge is 2.26. The molecule has 1 saturated carbocycles. The van der Waals surface area contributed by atoms with Gasteiger partial charge in [-0.2, -0.15) is 4.98 Å². The SMILES string of the molecule is OCCN(Cc1nc(-c2cccs2)no1)C1CCC1. The highest BCUT2D eigenvalue weighted by Crippen LogP contribution is 2.26. The van der Waals surface area contributed by atoms with Gasteiger partial charge in [0, 0.05) is 12.6 Å². The van der Waals surface area contributed by atoms with E-state index in [0.717, 1.165) is 4.88 Å². The van der Waals surface area contributed by atoms with E-state index in [1.165, 1.54) is 19.3 Å². The number of nitrogens with zero attached hydrogens (tertiary/aromatic N) is 3. The van der Waals surface area contributed by atoms with E-state index in [2.05, 4.69) is 15.0 Å². The Labute approximate surface area is 115 Å². The lowest BCUT2D eigenvalue weighted by molar-refractivity contribution is 0.0838. The van der Waals surface area contributed by atoms with E-state index in [1.807, 2.05) is 17.5 Å². The first-order valence-corrected chi connectivity index (χ1v) is 7.46. The zero-order valence-corrected chi connectivity index (χ0v) is 11.5. The van der Waals surface area contributed by atoms with Gasteiger partial charge in [-0.05, 0) is 24.3 Å². The molecule has 6 heteroatoms. The second kappa shape index (κ2) is 5.81. The van der Waals surface area contributed by atoms with Crippen molar-refractivity contribution in [3.05, 3.63) is 23.4 Å². The quantitative estimate of drug-likeness (QED) is 0.877. The number of aliphatic hydroxyl groups excluding tert-OH is 1. The fourth-order valence-electron chi connectivity index (χ4n) is 2.27. The second-order valence-electron chi connectivity index (χ2n) is 4.77. The summed E-state index contributed by atoms with van der Waals surface area (Å²) in [7, 11) is 0. The maximum absolute atomic E-state index is 9.13.